The van der Waals surface area contributed by atoms with Crippen molar-refractivity contribution in [3.05, 3.63) is 59.4 Å². The molecule has 0 atom stereocenters. The summed E-state index contributed by atoms with van der Waals surface area (Å²) in [6.07, 6.45) is 0. The Bertz CT molecular complexity index is 735. The van der Waals surface area contributed by atoms with Gasteiger partial charge in [-0.3, -0.25) is 10.1 Å². The Kier molecular flexibility index (Phi) is 6.08. The number of hydrogen-bond acceptors (Lipinski definition) is 4. The molecule has 1 amide bonds. The highest BCUT2D eigenvalue weighted by molar-refractivity contribution is 7.80. The molecule has 0 aliphatic carbocycles. The molecule has 7 heteroatoms. The molecule has 0 saturated carbocycles. The number of ether oxygens (including phenoxy) is 2. The lowest BCUT2D eigenvalue weighted by molar-refractivity contribution is 0.0977. The van der Waals surface area contributed by atoms with Gasteiger partial charge in [-0.15, -0.1) is 0 Å². The SMILES string of the molecule is CCOc1cc(C(=O)NC(N)=S)ccc1OCc1ccc(F)cc1. The first kappa shape index (κ1) is 17.7. The number of nitrogens with two attached hydrogens (primary N) is 1. The van der Waals surface area contributed by atoms with Crippen LogP contribution in [-0.2, 0) is 6.61 Å². The van der Waals surface area contributed by atoms with E-state index in [1.165, 1.54) is 12.1 Å². The second kappa shape index (κ2) is 8.26. The summed E-state index contributed by atoms with van der Waals surface area (Å²) in [6, 6.07) is 10.8. The monoisotopic (exact) mass is 348 g/mol. The van der Waals surface area contributed by atoms with Crippen LogP contribution in [0, 0.1) is 5.82 Å². The lowest BCUT2D eigenvalue weighted by Gasteiger charge is -2.13. The standard InChI is InChI=1S/C17H17FN2O3S/c1-2-22-15-9-12(16(21)20-17(19)24)5-8-14(15)23-10-11-3-6-13(18)7-4-11/h3-9H,2,10H2,1H3,(H3,19,20,21,24). The molecule has 0 spiro atoms. The van der Waals surface area contributed by atoms with E-state index in [9.17, 15) is 9.18 Å². The van der Waals surface area contributed by atoms with Crippen molar-refractivity contribution in [2.24, 2.45) is 5.73 Å². The maximum absolute atomic E-state index is 12.9. The van der Waals surface area contributed by atoms with Gasteiger partial charge in [-0.25, -0.2) is 4.39 Å². The van der Waals surface area contributed by atoms with Crippen molar-refractivity contribution >= 4 is 23.2 Å². The number of halogens is 1. The molecule has 126 valence electrons. The highest BCUT2D eigenvalue weighted by Crippen LogP contribution is 2.29. The third-order valence-electron chi connectivity index (χ3n) is 3.05. The maximum Gasteiger partial charge on any atom is 0.257 e. The summed E-state index contributed by atoms with van der Waals surface area (Å²) in [6.45, 7) is 2.48. The van der Waals surface area contributed by atoms with Crippen LogP contribution < -0.4 is 20.5 Å². The van der Waals surface area contributed by atoms with E-state index in [1.807, 2.05) is 6.92 Å². The molecule has 2 rings (SSSR count). The number of thiocarbonyl (C=S) groups is 1. The van der Waals surface area contributed by atoms with Crippen molar-refractivity contribution in [2.45, 2.75) is 13.5 Å². The zero-order valence-electron chi connectivity index (χ0n) is 13.0. The van der Waals surface area contributed by atoms with Crippen LogP contribution in [0.1, 0.15) is 22.8 Å². The third-order valence-corrected chi connectivity index (χ3v) is 3.15. The molecule has 5 nitrogen and oxygen atoms in total. The summed E-state index contributed by atoms with van der Waals surface area (Å²) in [4.78, 5) is 11.9. The molecule has 0 fully saturated rings. The van der Waals surface area contributed by atoms with E-state index in [-0.39, 0.29) is 17.5 Å². The molecule has 0 unspecified atom stereocenters. The van der Waals surface area contributed by atoms with E-state index in [0.29, 0.717) is 23.7 Å². The Morgan fingerprint density at radius 3 is 2.50 bits per heavy atom. The van der Waals surface area contributed by atoms with Gasteiger partial charge in [0.05, 0.1) is 6.61 Å². The predicted molar refractivity (Wildman–Crippen MR) is 92.6 cm³/mol. The van der Waals surface area contributed by atoms with Crippen LogP contribution in [0.15, 0.2) is 42.5 Å². The molecule has 0 aromatic heterocycles. The van der Waals surface area contributed by atoms with Gasteiger partial charge in [0.2, 0.25) is 0 Å². The topological polar surface area (TPSA) is 73.6 Å². The summed E-state index contributed by atoms with van der Waals surface area (Å²) in [5, 5.41) is 2.25. The van der Waals surface area contributed by atoms with Crippen LogP contribution in [0.5, 0.6) is 11.5 Å². The number of rotatable bonds is 6. The summed E-state index contributed by atoms with van der Waals surface area (Å²) in [5.74, 6) is 0.179. The van der Waals surface area contributed by atoms with Crippen molar-refractivity contribution in [1.82, 2.24) is 5.32 Å². The van der Waals surface area contributed by atoms with Gasteiger partial charge < -0.3 is 15.2 Å². The molecule has 0 aliphatic heterocycles. The minimum Gasteiger partial charge on any atom is -0.490 e. The van der Waals surface area contributed by atoms with Crippen molar-refractivity contribution in [3.8, 4) is 11.5 Å². The van der Waals surface area contributed by atoms with Gasteiger partial charge in [0.1, 0.15) is 12.4 Å². The quantitative estimate of drug-likeness (QED) is 0.786. The van der Waals surface area contributed by atoms with E-state index >= 15 is 0 Å². The second-order valence-corrected chi connectivity index (χ2v) is 5.27. The molecule has 0 saturated heterocycles. The summed E-state index contributed by atoms with van der Waals surface area (Å²) < 4.78 is 24.1. The normalized spacial score (nSPS) is 10.1. The molecule has 3 N–H and O–H groups in total. The van der Waals surface area contributed by atoms with Crippen LogP contribution >= 0.6 is 12.2 Å². The van der Waals surface area contributed by atoms with E-state index in [0.717, 1.165) is 5.56 Å². The minimum absolute atomic E-state index is 0.102. The third kappa shape index (κ3) is 4.92. The summed E-state index contributed by atoms with van der Waals surface area (Å²) in [7, 11) is 0. The van der Waals surface area contributed by atoms with Crippen LogP contribution in [0.4, 0.5) is 4.39 Å². The number of hydrogen-bond donors (Lipinski definition) is 2. The fourth-order valence-corrected chi connectivity index (χ4v) is 2.06. The molecule has 0 aliphatic rings. The van der Waals surface area contributed by atoms with Gasteiger partial charge in [0.15, 0.2) is 16.6 Å². The number of carbonyl (C=O) groups excluding carboxylic acids is 1. The Morgan fingerprint density at radius 1 is 1.17 bits per heavy atom. The highest BCUT2D eigenvalue weighted by Gasteiger charge is 2.12. The first-order chi connectivity index (χ1) is 11.5. The van der Waals surface area contributed by atoms with Gasteiger partial charge >= 0.3 is 0 Å². The van der Waals surface area contributed by atoms with Gasteiger partial charge in [0, 0.05) is 5.56 Å². The zero-order valence-corrected chi connectivity index (χ0v) is 13.9. The second-order valence-electron chi connectivity index (χ2n) is 4.83. The zero-order chi connectivity index (χ0) is 17.5. The Morgan fingerprint density at radius 2 is 1.88 bits per heavy atom. The first-order valence-electron chi connectivity index (χ1n) is 7.24. The number of benzene rings is 2. The van der Waals surface area contributed by atoms with E-state index < -0.39 is 5.91 Å². The van der Waals surface area contributed by atoms with Crippen LogP contribution in [0.25, 0.3) is 0 Å². The van der Waals surface area contributed by atoms with Crippen LogP contribution in [0.3, 0.4) is 0 Å². The highest BCUT2D eigenvalue weighted by atomic mass is 32.1. The van der Waals surface area contributed by atoms with E-state index in [4.69, 9.17) is 15.2 Å². The minimum atomic E-state index is -0.423. The molecule has 2 aromatic rings. The number of nitrogens with one attached hydrogen (secondary N) is 1. The number of amides is 1. The summed E-state index contributed by atoms with van der Waals surface area (Å²) >= 11 is 4.65. The van der Waals surface area contributed by atoms with E-state index in [2.05, 4.69) is 17.5 Å². The lowest BCUT2D eigenvalue weighted by atomic mass is 10.2. The maximum atomic E-state index is 12.9. The summed E-state index contributed by atoms with van der Waals surface area (Å²) in [5.41, 5.74) is 6.46. The van der Waals surface area contributed by atoms with Crippen molar-refractivity contribution in [2.75, 3.05) is 6.61 Å². The van der Waals surface area contributed by atoms with Gasteiger partial charge in [-0.2, -0.15) is 0 Å². The van der Waals surface area contributed by atoms with Gasteiger partial charge in [0.25, 0.3) is 5.91 Å². The smallest absolute Gasteiger partial charge is 0.257 e. The van der Waals surface area contributed by atoms with Crippen molar-refractivity contribution in [3.63, 3.8) is 0 Å². The molecule has 24 heavy (non-hydrogen) atoms. The average Bonchev–Trinajstić information content (AvgIpc) is 2.54. The van der Waals surface area contributed by atoms with Crippen molar-refractivity contribution in [1.29, 1.82) is 0 Å². The fourth-order valence-electron chi connectivity index (χ4n) is 1.96. The first-order valence-corrected chi connectivity index (χ1v) is 7.65. The molecule has 2 aromatic carbocycles. The van der Waals surface area contributed by atoms with Crippen LogP contribution in [0.2, 0.25) is 0 Å². The largest absolute Gasteiger partial charge is 0.490 e. The van der Waals surface area contributed by atoms with E-state index in [1.54, 1.807) is 30.3 Å². The predicted octanol–water partition coefficient (Wildman–Crippen LogP) is 2.78. The Labute approximate surface area is 144 Å². The Balaban J connectivity index is 2.15. The Hall–Kier alpha value is -2.67. The van der Waals surface area contributed by atoms with Gasteiger partial charge in [-0.05, 0) is 55.0 Å². The molecule has 0 heterocycles. The number of carbonyl (C=O) groups is 1. The van der Waals surface area contributed by atoms with Crippen molar-refractivity contribution < 1.29 is 18.7 Å². The molecule has 0 bridgehead atoms. The fraction of sp³-hybridized carbons (Fsp3) is 0.176. The molecular weight excluding hydrogens is 331 g/mol. The lowest BCUT2D eigenvalue weighted by Crippen LogP contribution is -2.34. The van der Waals surface area contributed by atoms with Crippen LogP contribution in [-0.4, -0.2) is 17.6 Å². The molecule has 0 radical (unpaired) electrons. The average molecular weight is 348 g/mol. The van der Waals surface area contributed by atoms with Gasteiger partial charge in [-0.1, -0.05) is 12.1 Å². The molecular formula is C17H17FN2O3S.